The first kappa shape index (κ1) is 16.5. The first-order valence-corrected chi connectivity index (χ1v) is 7.27. The second kappa shape index (κ2) is 7.42. The predicted molar refractivity (Wildman–Crippen MR) is 87.7 cm³/mol. The van der Waals surface area contributed by atoms with Gasteiger partial charge in [-0.05, 0) is 38.1 Å². The molecule has 2 heterocycles. The molecule has 0 saturated carbocycles. The molecule has 2 aromatic rings. The SMILES string of the molecule is Cl.O=C(NCCN1CCCC1)c1cc2ccccc2oc1=O. The van der Waals surface area contributed by atoms with Crippen molar-refractivity contribution >= 4 is 29.3 Å². The largest absolute Gasteiger partial charge is 0.422 e. The van der Waals surface area contributed by atoms with Gasteiger partial charge in [-0.15, -0.1) is 12.4 Å². The Balaban J connectivity index is 0.00000176. The van der Waals surface area contributed by atoms with Crippen molar-refractivity contribution in [2.45, 2.75) is 12.8 Å². The molecule has 0 aliphatic carbocycles. The van der Waals surface area contributed by atoms with Crippen molar-refractivity contribution in [1.82, 2.24) is 10.2 Å². The molecule has 1 fully saturated rings. The van der Waals surface area contributed by atoms with Crippen LogP contribution < -0.4 is 10.9 Å². The smallest absolute Gasteiger partial charge is 0.349 e. The van der Waals surface area contributed by atoms with Gasteiger partial charge in [0.25, 0.3) is 5.91 Å². The van der Waals surface area contributed by atoms with E-state index in [0.717, 1.165) is 25.0 Å². The molecule has 1 amide bonds. The van der Waals surface area contributed by atoms with Crippen LogP contribution in [0.3, 0.4) is 0 Å². The normalized spacial score (nSPS) is 14.7. The number of benzene rings is 1. The Morgan fingerprint density at radius 1 is 1.23 bits per heavy atom. The number of hydrogen-bond acceptors (Lipinski definition) is 4. The van der Waals surface area contributed by atoms with E-state index in [-0.39, 0.29) is 23.9 Å². The second-order valence-electron chi connectivity index (χ2n) is 5.29. The quantitative estimate of drug-likeness (QED) is 0.875. The van der Waals surface area contributed by atoms with E-state index < -0.39 is 5.63 Å². The molecular weight excluding hydrogens is 304 g/mol. The Hall–Kier alpha value is -1.85. The van der Waals surface area contributed by atoms with Crippen LogP contribution in [-0.2, 0) is 0 Å². The second-order valence-corrected chi connectivity index (χ2v) is 5.29. The fourth-order valence-electron chi connectivity index (χ4n) is 2.65. The Bertz CT molecular complexity index is 708. The van der Waals surface area contributed by atoms with Crippen molar-refractivity contribution in [2.24, 2.45) is 0 Å². The highest BCUT2D eigenvalue weighted by atomic mass is 35.5. The Morgan fingerprint density at radius 2 is 1.95 bits per heavy atom. The molecule has 6 heteroatoms. The van der Waals surface area contributed by atoms with E-state index in [1.165, 1.54) is 12.8 Å². The molecule has 0 unspecified atom stereocenters. The fraction of sp³-hybridized carbons (Fsp3) is 0.375. The maximum absolute atomic E-state index is 12.1. The van der Waals surface area contributed by atoms with Crippen molar-refractivity contribution in [3.8, 4) is 0 Å². The van der Waals surface area contributed by atoms with Crippen LogP contribution in [0.2, 0.25) is 0 Å². The summed E-state index contributed by atoms with van der Waals surface area (Å²) in [5.41, 5.74) is -0.0291. The number of likely N-dealkylation sites (tertiary alicyclic amines) is 1. The third kappa shape index (κ3) is 3.67. The number of fused-ring (bicyclic) bond motifs is 1. The monoisotopic (exact) mass is 322 g/mol. The summed E-state index contributed by atoms with van der Waals surface area (Å²) in [5, 5.41) is 3.54. The van der Waals surface area contributed by atoms with Gasteiger partial charge in [-0.3, -0.25) is 4.79 Å². The molecule has 1 aromatic carbocycles. The van der Waals surface area contributed by atoms with E-state index in [2.05, 4.69) is 10.2 Å². The lowest BCUT2D eigenvalue weighted by atomic mass is 10.2. The van der Waals surface area contributed by atoms with E-state index in [4.69, 9.17) is 4.42 Å². The summed E-state index contributed by atoms with van der Waals surface area (Å²) in [6, 6.07) is 8.76. The Kier molecular flexibility index (Phi) is 5.57. The molecule has 3 rings (SSSR count). The number of halogens is 1. The van der Waals surface area contributed by atoms with Gasteiger partial charge in [-0.1, -0.05) is 18.2 Å². The maximum Gasteiger partial charge on any atom is 0.349 e. The number of carbonyl (C=O) groups is 1. The van der Waals surface area contributed by atoms with Crippen LogP contribution >= 0.6 is 12.4 Å². The zero-order chi connectivity index (χ0) is 14.7. The molecule has 118 valence electrons. The zero-order valence-electron chi connectivity index (χ0n) is 12.2. The fourth-order valence-corrected chi connectivity index (χ4v) is 2.65. The molecule has 0 spiro atoms. The minimum absolute atomic E-state index is 0. The molecule has 5 nitrogen and oxygen atoms in total. The average Bonchev–Trinajstić information content (AvgIpc) is 2.99. The van der Waals surface area contributed by atoms with Gasteiger partial charge in [0.1, 0.15) is 11.1 Å². The predicted octanol–water partition coefficient (Wildman–Crippen LogP) is 2.04. The number of hydrogen-bond donors (Lipinski definition) is 1. The number of nitrogens with zero attached hydrogens (tertiary/aromatic N) is 1. The van der Waals surface area contributed by atoms with Crippen molar-refractivity contribution in [2.75, 3.05) is 26.2 Å². The lowest BCUT2D eigenvalue weighted by Crippen LogP contribution is -2.35. The maximum atomic E-state index is 12.1. The summed E-state index contributed by atoms with van der Waals surface area (Å²) in [5.74, 6) is -0.367. The number of para-hydroxylation sites is 1. The van der Waals surface area contributed by atoms with E-state index >= 15 is 0 Å². The Labute approximate surface area is 134 Å². The molecule has 0 bridgehead atoms. The van der Waals surface area contributed by atoms with Crippen molar-refractivity contribution in [3.63, 3.8) is 0 Å². The molecule has 0 atom stereocenters. The van der Waals surface area contributed by atoms with Gasteiger partial charge in [-0.2, -0.15) is 0 Å². The summed E-state index contributed by atoms with van der Waals surface area (Å²) < 4.78 is 5.17. The summed E-state index contributed by atoms with van der Waals surface area (Å²) in [6.45, 7) is 3.55. The lowest BCUT2D eigenvalue weighted by Gasteiger charge is -2.14. The standard InChI is InChI=1S/C16H18N2O3.ClH/c19-15(17-7-10-18-8-3-4-9-18)13-11-12-5-1-2-6-14(12)21-16(13)20;/h1-2,5-6,11H,3-4,7-10H2,(H,17,19);1H. The highest BCUT2D eigenvalue weighted by molar-refractivity contribution is 5.96. The number of nitrogens with one attached hydrogen (secondary N) is 1. The first-order valence-electron chi connectivity index (χ1n) is 7.27. The number of rotatable bonds is 4. The van der Waals surface area contributed by atoms with Gasteiger partial charge in [0.05, 0.1) is 0 Å². The number of carbonyl (C=O) groups excluding carboxylic acids is 1. The van der Waals surface area contributed by atoms with E-state index in [1.807, 2.05) is 12.1 Å². The third-order valence-corrected chi connectivity index (χ3v) is 3.80. The van der Waals surface area contributed by atoms with Crippen LogP contribution in [0.5, 0.6) is 0 Å². The highest BCUT2D eigenvalue weighted by Crippen LogP contribution is 2.12. The summed E-state index contributed by atoms with van der Waals surface area (Å²) in [6.07, 6.45) is 2.45. The van der Waals surface area contributed by atoms with Crippen molar-refractivity contribution in [1.29, 1.82) is 0 Å². The van der Waals surface area contributed by atoms with Crippen molar-refractivity contribution < 1.29 is 9.21 Å². The average molecular weight is 323 g/mol. The lowest BCUT2D eigenvalue weighted by molar-refractivity contribution is 0.0946. The summed E-state index contributed by atoms with van der Waals surface area (Å²) in [7, 11) is 0. The van der Waals surface area contributed by atoms with Crippen LogP contribution in [0.4, 0.5) is 0 Å². The summed E-state index contributed by atoms with van der Waals surface area (Å²) in [4.78, 5) is 26.3. The topological polar surface area (TPSA) is 62.6 Å². The van der Waals surface area contributed by atoms with Gasteiger partial charge in [-0.25, -0.2) is 4.79 Å². The third-order valence-electron chi connectivity index (χ3n) is 3.80. The van der Waals surface area contributed by atoms with Crippen LogP contribution in [0, 0.1) is 0 Å². The van der Waals surface area contributed by atoms with Gasteiger partial charge in [0.15, 0.2) is 0 Å². The molecule has 1 saturated heterocycles. The molecule has 1 N–H and O–H groups in total. The van der Waals surface area contributed by atoms with Gasteiger partial charge in [0, 0.05) is 18.5 Å². The van der Waals surface area contributed by atoms with E-state index in [0.29, 0.717) is 12.1 Å². The van der Waals surface area contributed by atoms with Crippen LogP contribution in [0.15, 0.2) is 39.5 Å². The van der Waals surface area contributed by atoms with Crippen LogP contribution in [0.25, 0.3) is 11.0 Å². The van der Waals surface area contributed by atoms with Crippen molar-refractivity contribution in [3.05, 3.63) is 46.3 Å². The minimum atomic E-state index is -0.590. The first-order chi connectivity index (χ1) is 10.2. The van der Waals surface area contributed by atoms with E-state index in [1.54, 1.807) is 18.2 Å². The number of amides is 1. The van der Waals surface area contributed by atoms with Crippen LogP contribution in [-0.4, -0.2) is 37.0 Å². The molecule has 1 aliphatic rings. The molecule has 22 heavy (non-hydrogen) atoms. The van der Waals surface area contributed by atoms with Gasteiger partial charge < -0.3 is 14.6 Å². The molecule has 0 radical (unpaired) electrons. The molecular formula is C16H19ClN2O3. The van der Waals surface area contributed by atoms with Crippen LogP contribution in [0.1, 0.15) is 23.2 Å². The van der Waals surface area contributed by atoms with Gasteiger partial charge in [0.2, 0.25) is 0 Å². The highest BCUT2D eigenvalue weighted by Gasteiger charge is 2.15. The minimum Gasteiger partial charge on any atom is -0.422 e. The molecule has 1 aromatic heterocycles. The van der Waals surface area contributed by atoms with Gasteiger partial charge >= 0.3 is 5.63 Å². The Morgan fingerprint density at radius 3 is 2.73 bits per heavy atom. The van der Waals surface area contributed by atoms with E-state index in [9.17, 15) is 9.59 Å². The summed E-state index contributed by atoms with van der Waals surface area (Å²) >= 11 is 0. The zero-order valence-corrected chi connectivity index (χ0v) is 13.0. The molecule has 1 aliphatic heterocycles.